The van der Waals surface area contributed by atoms with Crippen molar-refractivity contribution in [1.29, 1.82) is 0 Å². The van der Waals surface area contributed by atoms with Crippen molar-refractivity contribution >= 4 is 5.97 Å². The molecule has 198 valence electrons. The number of benzene rings is 1. The minimum atomic E-state index is -0.161. The molecule has 4 aliphatic rings. The van der Waals surface area contributed by atoms with Gasteiger partial charge < -0.3 is 4.74 Å². The van der Waals surface area contributed by atoms with E-state index in [9.17, 15) is 4.79 Å². The standard InChI is InChI=1S/C34H50O2/c1-23(2)10-9-11-24(3)29-16-17-30-28-15-14-26-22-27(36-32(35)25-12-7-6-8-13-25)18-20-33(26,4)31(28)19-21-34(29,30)5/h6-8,12-14,23-24,27-31H,9-11,15-22H2,1-5H3/t24-,27-,28+,29-,30+,31+,33+,34-/m1/s1. The molecule has 36 heavy (non-hydrogen) atoms. The summed E-state index contributed by atoms with van der Waals surface area (Å²) in [5.74, 6) is 5.03. The summed E-state index contributed by atoms with van der Waals surface area (Å²) in [7, 11) is 0. The first kappa shape index (κ1) is 26.1. The monoisotopic (exact) mass is 490 g/mol. The maximum Gasteiger partial charge on any atom is 0.338 e. The van der Waals surface area contributed by atoms with Gasteiger partial charge in [0.15, 0.2) is 0 Å². The van der Waals surface area contributed by atoms with Crippen LogP contribution in [0.4, 0.5) is 0 Å². The number of allylic oxidation sites excluding steroid dienone is 1. The van der Waals surface area contributed by atoms with Crippen LogP contribution >= 0.6 is 0 Å². The summed E-state index contributed by atoms with van der Waals surface area (Å²) < 4.78 is 6.00. The van der Waals surface area contributed by atoms with E-state index in [0.29, 0.717) is 16.4 Å². The highest BCUT2D eigenvalue weighted by Crippen LogP contribution is 2.67. The van der Waals surface area contributed by atoms with Crippen LogP contribution in [0.25, 0.3) is 0 Å². The molecule has 8 atom stereocenters. The second-order valence-corrected chi connectivity index (χ2v) is 13.9. The summed E-state index contributed by atoms with van der Waals surface area (Å²) in [6.45, 7) is 12.6. The van der Waals surface area contributed by atoms with E-state index in [1.54, 1.807) is 5.57 Å². The van der Waals surface area contributed by atoms with E-state index in [1.165, 1.54) is 57.8 Å². The molecule has 0 radical (unpaired) electrons. The highest BCUT2D eigenvalue weighted by atomic mass is 16.5. The number of carbonyl (C=O) groups is 1. The van der Waals surface area contributed by atoms with Crippen LogP contribution in [0.1, 0.15) is 116 Å². The average Bonchev–Trinajstić information content (AvgIpc) is 3.22. The van der Waals surface area contributed by atoms with Gasteiger partial charge in [0.05, 0.1) is 5.56 Å². The van der Waals surface area contributed by atoms with Gasteiger partial charge in [-0.15, -0.1) is 0 Å². The first-order valence-corrected chi connectivity index (χ1v) is 15.2. The van der Waals surface area contributed by atoms with Gasteiger partial charge in [-0.2, -0.15) is 0 Å². The Balaban J connectivity index is 1.25. The van der Waals surface area contributed by atoms with Crippen molar-refractivity contribution in [2.75, 3.05) is 0 Å². The fraction of sp³-hybridized carbons (Fsp3) is 0.735. The maximum absolute atomic E-state index is 12.7. The fourth-order valence-corrected chi connectivity index (χ4v) is 9.55. The highest BCUT2D eigenvalue weighted by Gasteiger charge is 2.59. The zero-order valence-corrected chi connectivity index (χ0v) is 23.6. The minimum Gasteiger partial charge on any atom is -0.458 e. The lowest BCUT2D eigenvalue weighted by atomic mass is 9.47. The summed E-state index contributed by atoms with van der Waals surface area (Å²) in [5.41, 5.74) is 3.12. The lowest BCUT2D eigenvalue weighted by Gasteiger charge is -2.58. The Bertz CT molecular complexity index is 947. The predicted molar refractivity (Wildman–Crippen MR) is 149 cm³/mol. The second-order valence-electron chi connectivity index (χ2n) is 13.9. The molecule has 0 amide bonds. The van der Waals surface area contributed by atoms with Crippen molar-refractivity contribution in [2.45, 2.75) is 111 Å². The molecule has 0 bridgehead atoms. The minimum absolute atomic E-state index is 0.0324. The number of hydrogen-bond acceptors (Lipinski definition) is 2. The molecule has 3 fully saturated rings. The number of esters is 1. The lowest BCUT2D eigenvalue weighted by Crippen LogP contribution is -2.51. The molecule has 3 saturated carbocycles. The molecule has 0 heterocycles. The molecular formula is C34H50O2. The van der Waals surface area contributed by atoms with Gasteiger partial charge in [-0.1, -0.05) is 83.7 Å². The number of fused-ring (bicyclic) bond motifs is 5. The SMILES string of the molecule is CC(C)CCC[C@@H](C)[C@H]1CC[C@H]2[C@@H]3CC=C4C[C@H](OC(=O)c5ccccc5)CC[C@]4(C)[C@H]3CC[C@]12C. The maximum atomic E-state index is 12.7. The van der Waals surface area contributed by atoms with E-state index in [-0.39, 0.29) is 12.1 Å². The van der Waals surface area contributed by atoms with Gasteiger partial charge in [0.1, 0.15) is 6.10 Å². The third kappa shape index (κ3) is 4.71. The van der Waals surface area contributed by atoms with E-state index in [1.807, 2.05) is 30.3 Å². The summed E-state index contributed by atoms with van der Waals surface area (Å²) >= 11 is 0. The van der Waals surface area contributed by atoms with Gasteiger partial charge >= 0.3 is 5.97 Å². The number of hydrogen-bond donors (Lipinski definition) is 0. The Hall–Kier alpha value is -1.57. The first-order chi connectivity index (χ1) is 17.2. The zero-order valence-electron chi connectivity index (χ0n) is 23.6. The predicted octanol–water partition coefficient (Wildman–Crippen LogP) is 9.25. The number of rotatable bonds is 7. The quantitative estimate of drug-likeness (QED) is 0.281. The largest absolute Gasteiger partial charge is 0.458 e. The van der Waals surface area contributed by atoms with E-state index >= 15 is 0 Å². The van der Waals surface area contributed by atoms with Crippen LogP contribution in [0.15, 0.2) is 42.0 Å². The third-order valence-electron chi connectivity index (χ3n) is 11.5. The van der Waals surface area contributed by atoms with Crippen molar-refractivity contribution < 1.29 is 9.53 Å². The molecule has 0 aromatic heterocycles. The van der Waals surface area contributed by atoms with Gasteiger partial charge in [-0.25, -0.2) is 4.79 Å². The Morgan fingerprint density at radius 2 is 1.75 bits per heavy atom. The molecule has 1 aromatic rings. The van der Waals surface area contributed by atoms with Crippen LogP contribution in [0, 0.1) is 46.3 Å². The molecule has 4 aliphatic carbocycles. The molecule has 5 rings (SSSR count). The number of ether oxygens (including phenoxy) is 1. The van der Waals surface area contributed by atoms with Crippen LogP contribution < -0.4 is 0 Å². The van der Waals surface area contributed by atoms with Crippen molar-refractivity contribution in [3.63, 3.8) is 0 Å². The molecule has 0 spiro atoms. The average molecular weight is 491 g/mol. The molecule has 2 heteroatoms. The van der Waals surface area contributed by atoms with Crippen molar-refractivity contribution in [2.24, 2.45) is 46.3 Å². The van der Waals surface area contributed by atoms with Crippen molar-refractivity contribution in [1.82, 2.24) is 0 Å². The molecule has 2 nitrogen and oxygen atoms in total. The summed E-state index contributed by atoms with van der Waals surface area (Å²) in [5, 5.41) is 0. The molecular weight excluding hydrogens is 440 g/mol. The Morgan fingerprint density at radius 3 is 2.50 bits per heavy atom. The van der Waals surface area contributed by atoms with Crippen LogP contribution in [0.3, 0.4) is 0 Å². The Morgan fingerprint density at radius 1 is 0.972 bits per heavy atom. The van der Waals surface area contributed by atoms with Gasteiger partial charge in [-0.3, -0.25) is 0 Å². The van der Waals surface area contributed by atoms with Crippen molar-refractivity contribution in [3.8, 4) is 0 Å². The van der Waals surface area contributed by atoms with Gasteiger partial charge in [-0.05, 0) is 103 Å². The Kier molecular flexibility index (Phi) is 7.45. The molecule has 0 saturated heterocycles. The topological polar surface area (TPSA) is 26.3 Å². The van der Waals surface area contributed by atoms with E-state index in [4.69, 9.17) is 4.74 Å². The third-order valence-corrected chi connectivity index (χ3v) is 11.5. The summed E-state index contributed by atoms with van der Waals surface area (Å²) in [6.07, 6.45) is 17.0. The van der Waals surface area contributed by atoms with Crippen LogP contribution in [0.5, 0.6) is 0 Å². The van der Waals surface area contributed by atoms with Crippen LogP contribution in [-0.2, 0) is 4.74 Å². The molecule has 0 aliphatic heterocycles. The van der Waals surface area contributed by atoms with Gasteiger partial charge in [0, 0.05) is 6.42 Å². The lowest BCUT2D eigenvalue weighted by molar-refractivity contribution is -0.0594. The molecule has 0 N–H and O–H groups in total. The second kappa shape index (κ2) is 10.3. The zero-order chi connectivity index (χ0) is 25.5. The van der Waals surface area contributed by atoms with E-state index in [2.05, 4.69) is 40.7 Å². The number of carbonyl (C=O) groups excluding carboxylic acids is 1. The van der Waals surface area contributed by atoms with Gasteiger partial charge in [0.2, 0.25) is 0 Å². The molecule has 0 unspecified atom stereocenters. The van der Waals surface area contributed by atoms with Crippen LogP contribution in [0.2, 0.25) is 0 Å². The van der Waals surface area contributed by atoms with Crippen LogP contribution in [-0.4, -0.2) is 12.1 Å². The first-order valence-electron chi connectivity index (χ1n) is 15.2. The van der Waals surface area contributed by atoms with E-state index < -0.39 is 0 Å². The summed E-state index contributed by atoms with van der Waals surface area (Å²) in [6, 6.07) is 9.49. The Labute approximate surface area is 220 Å². The fourth-order valence-electron chi connectivity index (χ4n) is 9.55. The molecule has 1 aromatic carbocycles. The normalized spacial score (nSPS) is 38.5. The highest BCUT2D eigenvalue weighted by molar-refractivity contribution is 5.89. The van der Waals surface area contributed by atoms with Crippen molar-refractivity contribution in [3.05, 3.63) is 47.5 Å². The van der Waals surface area contributed by atoms with Gasteiger partial charge in [0.25, 0.3) is 0 Å². The smallest absolute Gasteiger partial charge is 0.338 e. The van der Waals surface area contributed by atoms with E-state index in [0.717, 1.165) is 48.3 Å². The summed E-state index contributed by atoms with van der Waals surface area (Å²) in [4.78, 5) is 12.7.